The van der Waals surface area contributed by atoms with Gasteiger partial charge in [-0.3, -0.25) is 4.48 Å². The van der Waals surface area contributed by atoms with E-state index in [1.54, 1.807) is 6.07 Å². The summed E-state index contributed by atoms with van der Waals surface area (Å²) < 4.78 is 0.738. The van der Waals surface area contributed by atoms with Crippen LogP contribution in [0.1, 0.15) is 25.3 Å². The molecule has 1 rings (SSSR count). The highest BCUT2D eigenvalue weighted by Gasteiger charge is 2.19. The van der Waals surface area contributed by atoms with E-state index in [9.17, 15) is 5.11 Å². The zero-order chi connectivity index (χ0) is 10.9. The molecule has 1 aromatic rings. The number of nitrogens with zero attached hydrogens (tertiary/aromatic N) is 1. The third-order valence-corrected chi connectivity index (χ3v) is 2.36. The summed E-state index contributed by atoms with van der Waals surface area (Å²) in [7, 11) is 6.34. The summed E-state index contributed by atoms with van der Waals surface area (Å²) >= 11 is 0. The second-order valence-electron chi connectivity index (χ2n) is 4.91. The van der Waals surface area contributed by atoms with E-state index >= 15 is 0 Å². The van der Waals surface area contributed by atoms with Crippen molar-refractivity contribution in [3.8, 4) is 5.75 Å². The second kappa shape index (κ2) is 5.16. The van der Waals surface area contributed by atoms with Gasteiger partial charge < -0.3 is 29.1 Å². The van der Waals surface area contributed by atoms with Crippen molar-refractivity contribution in [3.63, 3.8) is 0 Å². The average molecular weight is 321 g/mol. The third kappa shape index (κ3) is 3.65. The second-order valence-corrected chi connectivity index (χ2v) is 4.91. The Labute approximate surface area is 110 Å². The van der Waals surface area contributed by atoms with Crippen molar-refractivity contribution in [2.24, 2.45) is 0 Å². The molecule has 0 fully saturated rings. The third-order valence-electron chi connectivity index (χ3n) is 2.36. The Morgan fingerprint density at radius 2 is 1.67 bits per heavy atom. The molecule has 3 heteroatoms. The lowest BCUT2D eigenvalue weighted by molar-refractivity contribution is -0.00000439. The quantitative estimate of drug-likeness (QED) is 0.587. The number of hydrogen-bond donors (Lipinski definition) is 1. The summed E-state index contributed by atoms with van der Waals surface area (Å²) in [5.74, 6) is 0.834. The Balaban J connectivity index is 0.00000196. The molecule has 0 aliphatic carbocycles. The maximum absolute atomic E-state index is 9.47. The lowest BCUT2D eigenvalue weighted by Gasteiger charge is -2.27. The van der Waals surface area contributed by atoms with Gasteiger partial charge in [-0.2, -0.15) is 0 Å². The number of rotatable bonds is 2. The standard InChI is InChI=1S/C12H19NO.HI/c1-9(2)11-7-6-10(14)8-12(11)13(3,4)5;/h6-9H,1-5H3;1H. The first-order valence-corrected chi connectivity index (χ1v) is 4.97. The molecular formula is C12H20INO. The number of hydrogen-bond acceptors (Lipinski definition) is 1. The minimum absolute atomic E-state index is 0. The molecule has 86 valence electrons. The predicted molar refractivity (Wildman–Crippen MR) is 61.8 cm³/mol. The highest BCUT2D eigenvalue weighted by atomic mass is 127. The van der Waals surface area contributed by atoms with E-state index in [2.05, 4.69) is 35.0 Å². The van der Waals surface area contributed by atoms with E-state index < -0.39 is 0 Å². The maximum Gasteiger partial charge on any atom is 0.139 e. The van der Waals surface area contributed by atoms with Crippen LogP contribution in [0.3, 0.4) is 0 Å². The Morgan fingerprint density at radius 3 is 2.07 bits per heavy atom. The molecule has 0 atom stereocenters. The van der Waals surface area contributed by atoms with Gasteiger partial charge in [-0.1, -0.05) is 13.8 Å². The number of quaternary nitrogens is 1. The summed E-state index contributed by atoms with van der Waals surface area (Å²) in [4.78, 5) is 0. The number of halogens is 1. The van der Waals surface area contributed by atoms with E-state index in [-0.39, 0.29) is 24.0 Å². The minimum atomic E-state index is 0. The SMILES string of the molecule is CC(C)c1ccc(O)cc1[N+](C)(C)C.[I-]. The highest BCUT2D eigenvalue weighted by molar-refractivity contribution is 5.54. The molecule has 0 heterocycles. The van der Waals surface area contributed by atoms with E-state index in [1.165, 1.54) is 11.3 Å². The van der Waals surface area contributed by atoms with Crippen molar-refractivity contribution < 1.29 is 29.1 Å². The van der Waals surface area contributed by atoms with E-state index in [0.29, 0.717) is 11.7 Å². The van der Waals surface area contributed by atoms with Crippen molar-refractivity contribution in [1.29, 1.82) is 0 Å². The summed E-state index contributed by atoms with van der Waals surface area (Å²) in [6, 6.07) is 5.63. The lowest BCUT2D eigenvalue weighted by Crippen LogP contribution is -3.00. The number of phenolic OH excluding ortho intramolecular Hbond substituents is 1. The van der Waals surface area contributed by atoms with Crippen LogP contribution in [-0.4, -0.2) is 26.2 Å². The van der Waals surface area contributed by atoms with Crippen LogP contribution in [0.5, 0.6) is 5.75 Å². The molecule has 0 aliphatic rings. The Morgan fingerprint density at radius 1 is 1.13 bits per heavy atom. The summed E-state index contributed by atoms with van der Waals surface area (Å²) in [6.45, 7) is 4.34. The molecule has 0 aliphatic heterocycles. The smallest absolute Gasteiger partial charge is 0.139 e. The van der Waals surface area contributed by atoms with Gasteiger partial charge in [-0.15, -0.1) is 0 Å². The first kappa shape index (κ1) is 14.7. The predicted octanol–water partition coefficient (Wildman–Crippen LogP) is -0.284. The van der Waals surface area contributed by atoms with E-state index in [0.717, 1.165) is 4.48 Å². The van der Waals surface area contributed by atoms with Crippen molar-refractivity contribution in [2.75, 3.05) is 21.1 Å². The molecule has 0 aromatic heterocycles. The maximum atomic E-state index is 9.47. The van der Waals surface area contributed by atoms with Crippen LogP contribution in [0.4, 0.5) is 5.69 Å². The largest absolute Gasteiger partial charge is 1.00 e. The molecule has 0 amide bonds. The molecule has 1 aromatic carbocycles. The molecular weight excluding hydrogens is 301 g/mol. The molecule has 1 N–H and O–H groups in total. The summed E-state index contributed by atoms with van der Waals surface area (Å²) in [5.41, 5.74) is 2.48. The average Bonchev–Trinajstić information content (AvgIpc) is 2.01. The fraction of sp³-hybridized carbons (Fsp3) is 0.500. The number of aromatic hydroxyl groups is 1. The van der Waals surface area contributed by atoms with Gasteiger partial charge in [0.15, 0.2) is 0 Å². The molecule has 0 unspecified atom stereocenters. The Kier molecular flexibility index (Phi) is 5.06. The van der Waals surface area contributed by atoms with Crippen LogP contribution < -0.4 is 28.5 Å². The van der Waals surface area contributed by atoms with Gasteiger partial charge in [0, 0.05) is 11.6 Å². The minimum Gasteiger partial charge on any atom is -1.00 e. The van der Waals surface area contributed by atoms with Crippen LogP contribution >= 0.6 is 0 Å². The molecule has 0 bridgehead atoms. The fourth-order valence-electron chi connectivity index (χ4n) is 1.60. The molecule has 2 nitrogen and oxygen atoms in total. The zero-order valence-electron chi connectivity index (χ0n) is 10.1. The monoisotopic (exact) mass is 321 g/mol. The Hall–Kier alpha value is -0.290. The van der Waals surface area contributed by atoms with Crippen molar-refractivity contribution in [1.82, 2.24) is 4.48 Å². The first-order chi connectivity index (χ1) is 6.32. The topological polar surface area (TPSA) is 20.2 Å². The Bertz CT molecular complexity index is 329. The van der Waals surface area contributed by atoms with Gasteiger partial charge in [0.05, 0.1) is 21.1 Å². The molecule has 0 saturated heterocycles. The number of phenols is 1. The highest BCUT2D eigenvalue weighted by Crippen LogP contribution is 2.32. The van der Waals surface area contributed by atoms with Gasteiger partial charge in [0.1, 0.15) is 11.4 Å². The normalized spacial score (nSPS) is 11.3. The van der Waals surface area contributed by atoms with E-state index in [1.807, 2.05) is 12.1 Å². The summed E-state index contributed by atoms with van der Waals surface area (Å²) in [6.07, 6.45) is 0. The molecule has 0 spiro atoms. The molecule has 0 radical (unpaired) electrons. The van der Waals surface area contributed by atoms with Crippen molar-refractivity contribution in [2.45, 2.75) is 19.8 Å². The van der Waals surface area contributed by atoms with E-state index in [4.69, 9.17) is 0 Å². The van der Waals surface area contributed by atoms with Crippen LogP contribution in [-0.2, 0) is 0 Å². The van der Waals surface area contributed by atoms with Crippen molar-refractivity contribution in [3.05, 3.63) is 23.8 Å². The fourth-order valence-corrected chi connectivity index (χ4v) is 1.60. The van der Waals surface area contributed by atoms with Gasteiger partial charge in [0.25, 0.3) is 0 Å². The van der Waals surface area contributed by atoms with Gasteiger partial charge >= 0.3 is 0 Å². The van der Waals surface area contributed by atoms with Crippen LogP contribution in [0.15, 0.2) is 18.2 Å². The molecule has 15 heavy (non-hydrogen) atoms. The van der Waals surface area contributed by atoms with Crippen molar-refractivity contribution >= 4 is 5.69 Å². The van der Waals surface area contributed by atoms with Gasteiger partial charge in [-0.05, 0) is 18.1 Å². The van der Waals surface area contributed by atoms with Crippen LogP contribution in [0, 0.1) is 0 Å². The first-order valence-electron chi connectivity index (χ1n) is 4.97. The van der Waals surface area contributed by atoms with Crippen LogP contribution in [0.25, 0.3) is 0 Å². The lowest BCUT2D eigenvalue weighted by atomic mass is 9.99. The molecule has 0 saturated carbocycles. The number of benzene rings is 1. The van der Waals surface area contributed by atoms with Crippen LogP contribution in [0.2, 0.25) is 0 Å². The summed E-state index contributed by atoms with van der Waals surface area (Å²) in [5, 5.41) is 9.47. The van der Waals surface area contributed by atoms with Gasteiger partial charge in [-0.25, -0.2) is 0 Å². The van der Waals surface area contributed by atoms with Gasteiger partial charge in [0.2, 0.25) is 0 Å². The zero-order valence-corrected chi connectivity index (χ0v) is 12.2.